The minimum Gasteiger partial charge on any atom is -0.360 e. The Morgan fingerprint density at radius 2 is 2.07 bits per heavy atom. The molecule has 1 saturated heterocycles. The van der Waals surface area contributed by atoms with E-state index in [1.807, 2.05) is 23.1 Å². The number of likely N-dealkylation sites (tertiary alicyclic amines) is 1. The zero-order valence-electron chi connectivity index (χ0n) is 15.5. The van der Waals surface area contributed by atoms with Crippen molar-refractivity contribution in [2.24, 2.45) is 0 Å². The number of nitrogens with zero attached hydrogens (tertiary/aromatic N) is 5. The Bertz CT molecular complexity index is 947. The third-order valence-electron chi connectivity index (χ3n) is 5.19. The molecule has 0 bridgehead atoms. The van der Waals surface area contributed by atoms with Gasteiger partial charge in [-0.3, -0.25) is 9.78 Å². The Morgan fingerprint density at radius 3 is 2.75 bits per heavy atom. The summed E-state index contributed by atoms with van der Waals surface area (Å²) in [5.74, 6) is 1.79. The van der Waals surface area contributed by atoms with Gasteiger partial charge < -0.3 is 13.9 Å². The third-order valence-corrected chi connectivity index (χ3v) is 5.36. The molecule has 0 N–H and O–H groups in total. The van der Waals surface area contributed by atoms with E-state index in [1.54, 1.807) is 12.3 Å². The van der Waals surface area contributed by atoms with E-state index < -0.39 is 0 Å². The summed E-state index contributed by atoms with van der Waals surface area (Å²) in [6, 6.07) is 7.19. The van der Waals surface area contributed by atoms with Crippen LogP contribution >= 0.6 is 11.6 Å². The van der Waals surface area contributed by atoms with Crippen molar-refractivity contribution in [2.45, 2.75) is 38.0 Å². The van der Waals surface area contributed by atoms with Crippen molar-refractivity contribution in [1.29, 1.82) is 0 Å². The zero-order chi connectivity index (χ0) is 19.6. The van der Waals surface area contributed by atoms with Gasteiger partial charge in [0.15, 0.2) is 11.0 Å². The van der Waals surface area contributed by atoms with Crippen molar-refractivity contribution in [3.63, 3.8) is 0 Å². The second-order valence-corrected chi connectivity index (χ2v) is 7.58. The van der Waals surface area contributed by atoms with Gasteiger partial charge in [-0.1, -0.05) is 34.9 Å². The molecule has 9 heteroatoms. The number of rotatable bonds is 5. The maximum atomic E-state index is 12.5. The Balaban J connectivity index is 1.35. The Labute approximate surface area is 166 Å². The highest BCUT2D eigenvalue weighted by atomic mass is 35.5. The molecule has 8 nitrogen and oxygen atoms in total. The van der Waals surface area contributed by atoms with Crippen LogP contribution in [0.15, 0.2) is 39.5 Å². The summed E-state index contributed by atoms with van der Waals surface area (Å²) >= 11 is 5.73. The van der Waals surface area contributed by atoms with Crippen LogP contribution < -0.4 is 0 Å². The largest absolute Gasteiger partial charge is 0.360 e. The Morgan fingerprint density at radius 1 is 1.25 bits per heavy atom. The molecule has 0 aromatic carbocycles. The molecule has 1 amide bonds. The molecule has 0 spiro atoms. The molecule has 0 atom stereocenters. The fraction of sp³-hybridized carbons (Fsp3) is 0.421. The normalized spacial score (nSPS) is 16.3. The van der Waals surface area contributed by atoms with Crippen LogP contribution in [0, 0.1) is 0 Å². The number of aryl methyl sites for hydroxylation is 1. The predicted molar refractivity (Wildman–Crippen MR) is 101 cm³/mol. The third kappa shape index (κ3) is 3.91. The topological polar surface area (TPSA) is 98.2 Å². The van der Waals surface area contributed by atoms with Gasteiger partial charge in [0, 0.05) is 43.6 Å². The molecule has 4 heterocycles. The van der Waals surface area contributed by atoms with Crippen molar-refractivity contribution in [2.75, 3.05) is 13.1 Å². The zero-order valence-corrected chi connectivity index (χ0v) is 16.2. The summed E-state index contributed by atoms with van der Waals surface area (Å²) in [4.78, 5) is 23.2. The first-order valence-corrected chi connectivity index (χ1v) is 9.56. The highest BCUT2D eigenvalue weighted by Gasteiger charge is 2.37. The number of carbonyl (C=O) groups is 1. The van der Waals surface area contributed by atoms with Crippen LogP contribution in [0.4, 0.5) is 0 Å². The standard InChI is InChI=1S/C19H20ClN5O3/c1-19(18-22-17(28-24-18)14-4-2-3-9-21-14)7-10-25(11-8-19)16(26)6-5-13-12-15(20)23-27-13/h2-4,9,12H,5-8,10-11H2,1H3. The lowest BCUT2D eigenvalue weighted by atomic mass is 9.79. The molecule has 4 rings (SSSR count). The molecule has 1 aliphatic heterocycles. The van der Waals surface area contributed by atoms with Crippen molar-refractivity contribution in [3.05, 3.63) is 47.2 Å². The second kappa shape index (κ2) is 7.71. The lowest BCUT2D eigenvalue weighted by Gasteiger charge is -2.37. The minimum absolute atomic E-state index is 0.0943. The van der Waals surface area contributed by atoms with Gasteiger partial charge >= 0.3 is 0 Å². The van der Waals surface area contributed by atoms with E-state index in [-0.39, 0.29) is 11.3 Å². The van der Waals surface area contributed by atoms with Crippen molar-refractivity contribution in [3.8, 4) is 11.6 Å². The second-order valence-electron chi connectivity index (χ2n) is 7.20. The lowest BCUT2D eigenvalue weighted by Crippen LogP contribution is -2.44. The Hall–Kier alpha value is -2.74. The molecule has 1 fully saturated rings. The van der Waals surface area contributed by atoms with Gasteiger partial charge in [0.2, 0.25) is 5.91 Å². The summed E-state index contributed by atoms with van der Waals surface area (Å²) in [5, 5.41) is 8.10. The summed E-state index contributed by atoms with van der Waals surface area (Å²) in [6.45, 7) is 3.41. The number of hydrogen-bond donors (Lipinski definition) is 0. The summed E-state index contributed by atoms with van der Waals surface area (Å²) in [7, 11) is 0. The van der Waals surface area contributed by atoms with Crippen LogP contribution in [0.1, 0.15) is 37.8 Å². The predicted octanol–water partition coefficient (Wildman–Crippen LogP) is 3.29. The van der Waals surface area contributed by atoms with E-state index in [0.29, 0.717) is 54.3 Å². The van der Waals surface area contributed by atoms with Crippen LogP contribution in [-0.2, 0) is 16.6 Å². The summed E-state index contributed by atoms with van der Waals surface area (Å²) in [5.41, 5.74) is 0.427. The maximum Gasteiger partial charge on any atom is 0.276 e. The molecule has 146 valence electrons. The van der Waals surface area contributed by atoms with Crippen LogP contribution in [0.3, 0.4) is 0 Å². The fourth-order valence-electron chi connectivity index (χ4n) is 3.33. The number of hydrogen-bond acceptors (Lipinski definition) is 7. The van der Waals surface area contributed by atoms with Gasteiger partial charge in [0.05, 0.1) is 0 Å². The average Bonchev–Trinajstić information content (AvgIpc) is 3.37. The molecular formula is C19H20ClN5O3. The van der Waals surface area contributed by atoms with Crippen LogP contribution in [0.25, 0.3) is 11.6 Å². The van der Waals surface area contributed by atoms with E-state index >= 15 is 0 Å². The number of pyridine rings is 1. The minimum atomic E-state index is -0.230. The first kappa shape index (κ1) is 18.6. The first-order valence-electron chi connectivity index (χ1n) is 9.18. The number of halogens is 1. The number of amides is 1. The molecule has 0 unspecified atom stereocenters. The molecule has 3 aromatic rings. The molecule has 0 aliphatic carbocycles. The molecule has 1 aliphatic rings. The molecular weight excluding hydrogens is 382 g/mol. The van der Waals surface area contributed by atoms with Gasteiger partial charge in [-0.2, -0.15) is 4.98 Å². The molecule has 3 aromatic heterocycles. The molecule has 0 saturated carbocycles. The lowest BCUT2D eigenvalue weighted by molar-refractivity contribution is -0.132. The van der Waals surface area contributed by atoms with Crippen molar-refractivity contribution >= 4 is 17.5 Å². The quantitative estimate of drug-likeness (QED) is 0.646. The van der Waals surface area contributed by atoms with Crippen LogP contribution in [0.5, 0.6) is 0 Å². The van der Waals surface area contributed by atoms with Crippen molar-refractivity contribution < 1.29 is 13.8 Å². The summed E-state index contributed by atoms with van der Waals surface area (Å²) < 4.78 is 10.4. The van der Waals surface area contributed by atoms with Gasteiger partial charge in [-0.05, 0) is 25.0 Å². The maximum absolute atomic E-state index is 12.5. The number of carbonyl (C=O) groups excluding carboxylic acids is 1. The number of piperidine rings is 1. The van der Waals surface area contributed by atoms with Crippen molar-refractivity contribution in [1.82, 2.24) is 25.2 Å². The highest BCUT2D eigenvalue weighted by Crippen LogP contribution is 2.34. The first-order chi connectivity index (χ1) is 13.5. The average molecular weight is 402 g/mol. The van der Waals surface area contributed by atoms with Gasteiger partial charge in [-0.15, -0.1) is 0 Å². The van der Waals surface area contributed by atoms with Crippen LogP contribution in [-0.4, -0.2) is 44.2 Å². The Kier molecular flexibility index (Phi) is 5.13. The SMILES string of the molecule is CC1(c2noc(-c3ccccn3)n2)CCN(C(=O)CCc2cc(Cl)no2)CC1. The van der Waals surface area contributed by atoms with E-state index in [9.17, 15) is 4.79 Å². The molecule has 28 heavy (non-hydrogen) atoms. The van der Waals surface area contributed by atoms with Crippen LogP contribution in [0.2, 0.25) is 5.15 Å². The van der Waals surface area contributed by atoms with Gasteiger partial charge in [-0.25, -0.2) is 0 Å². The van der Waals surface area contributed by atoms with E-state index in [1.165, 1.54) is 0 Å². The van der Waals surface area contributed by atoms with E-state index in [2.05, 4.69) is 27.2 Å². The van der Waals surface area contributed by atoms with E-state index in [0.717, 1.165) is 12.8 Å². The monoisotopic (exact) mass is 401 g/mol. The highest BCUT2D eigenvalue weighted by molar-refractivity contribution is 6.29. The van der Waals surface area contributed by atoms with Gasteiger partial charge in [0.1, 0.15) is 11.5 Å². The number of aromatic nitrogens is 4. The van der Waals surface area contributed by atoms with E-state index in [4.69, 9.17) is 20.6 Å². The smallest absolute Gasteiger partial charge is 0.276 e. The van der Waals surface area contributed by atoms with Gasteiger partial charge in [0.25, 0.3) is 5.89 Å². The summed E-state index contributed by atoms with van der Waals surface area (Å²) in [6.07, 6.45) is 4.10. The molecule has 0 radical (unpaired) electrons. The fourth-order valence-corrected chi connectivity index (χ4v) is 3.49.